The molecule has 3 N–H and O–H groups in total. The Kier molecular flexibility index (Phi) is 8.16. The van der Waals surface area contributed by atoms with E-state index < -0.39 is 0 Å². The summed E-state index contributed by atoms with van der Waals surface area (Å²) in [6, 6.07) is 0. The highest BCUT2D eigenvalue weighted by atomic mass is 32.1. The van der Waals surface area contributed by atoms with Gasteiger partial charge in [-0.2, -0.15) is 0 Å². The monoisotopic (exact) mass is 244 g/mol. The highest BCUT2D eigenvalue weighted by Crippen LogP contribution is 2.09. The van der Waals surface area contributed by atoms with Crippen LogP contribution in [-0.2, 0) is 4.79 Å². The van der Waals surface area contributed by atoms with Crippen molar-refractivity contribution in [1.82, 2.24) is 5.32 Å². The third-order valence-corrected chi connectivity index (χ3v) is 3.24. The molecule has 0 aliphatic heterocycles. The molecule has 0 aromatic carbocycles. The van der Waals surface area contributed by atoms with E-state index in [4.69, 9.17) is 18.0 Å². The molecule has 1 amide bonds. The van der Waals surface area contributed by atoms with Gasteiger partial charge in [-0.3, -0.25) is 4.79 Å². The zero-order valence-corrected chi connectivity index (χ0v) is 11.4. The van der Waals surface area contributed by atoms with Crippen molar-refractivity contribution in [3.05, 3.63) is 0 Å². The van der Waals surface area contributed by atoms with Gasteiger partial charge in [0, 0.05) is 6.54 Å². The zero-order chi connectivity index (χ0) is 12.6. The summed E-state index contributed by atoms with van der Waals surface area (Å²) in [6.07, 6.45) is 3.83. The van der Waals surface area contributed by atoms with E-state index in [-0.39, 0.29) is 11.8 Å². The van der Waals surface area contributed by atoms with Crippen LogP contribution in [0.1, 0.15) is 46.5 Å². The maximum atomic E-state index is 11.8. The summed E-state index contributed by atoms with van der Waals surface area (Å²) in [7, 11) is 0. The van der Waals surface area contributed by atoms with Crippen LogP contribution in [-0.4, -0.2) is 17.4 Å². The average molecular weight is 244 g/mol. The second-order valence-corrected chi connectivity index (χ2v) is 4.64. The molecule has 0 spiro atoms. The van der Waals surface area contributed by atoms with E-state index in [0.717, 1.165) is 32.2 Å². The quantitative estimate of drug-likeness (QED) is 0.644. The number of thiocarbonyl (C=S) groups is 1. The molecule has 0 aliphatic carbocycles. The standard InChI is InChI=1S/C12H24N2OS/c1-4-7-10(11(13)16)12(15)14-8-9(5-2)6-3/h9-10H,4-8H2,1-3H3,(H2,13,16)(H,14,15). The molecule has 0 aromatic heterocycles. The smallest absolute Gasteiger partial charge is 0.229 e. The molecular weight excluding hydrogens is 220 g/mol. The van der Waals surface area contributed by atoms with Crippen LogP contribution in [0.5, 0.6) is 0 Å². The lowest BCUT2D eigenvalue weighted by Crippen LogP contribution is -2.39. The van der Waals surface area contributed by atoms with E-state index >= 15 is 0 Å². The van der Waals surface area contributed by atoms with Gasteiger partial charge in [-0.25, -0.2) is 0 Å². The van der Waals surface area contributed by atoms with Gasteiger partial charge in [0.1, 0.15) is 0 Å². The third kappa shape index (κ3) is 5.45. The van der Waals surface area contributed by atoms with Gasteiger partial charge < -0.3 is 11.1 Å². The third-order valence-electron chi connectivity index (χ3n) is 2.96. The second kappa shape index (κ2) is 8.50. The van der Waals surface area contributed by atoms with Crippen molar-refractivity contribution in [1.29, 1.82) is 0 Å². The van der Waals surface area contributed by atoms with Crippen LogP contribution in [0.2, 0.25) is 0 Å². The number of hydrogen-bond donors (Lipinski definition) is 2. The molecule has 4 heteroatoms. The van der Waals surface area contributed by atoms with Crippen LogP contribution >= 0.6 is 12.2 Å². The van der Waals surface area contributed by atoms with Crippen LogP contribution in [0.4, 0.5) is 0 Å². The van der Waals surface area contributed by atoms with Crippen molar-refractivity contribution in [2.45, 2.75) is 46.5 Å². The summed E-state index contributed by atoms with van der Waals surface area (Å²) in [6.45, 7) is 7.03. The summed E-state index contributed by atoms with van der Waals surface area (Å²) in [5, 5.41) is 2.94. The molecule has 1 unspecified atom stereocenters. The van der Waals surface area contributed by atoms with E-state index in [9.17, 15) is 4.79 Å². The Morgan fingerprint density at radius 2 is 1.88 bits per heavy atom. The van der Waals surface area contributed by atoms with Crippen molar-refractivity contribution >= 4 is 23.1 Å². The van der Waals surface area contributed by atoms with Crippen LogP contribution in [0.25, 0.3) is 0 Å². The predicted octanol–water partition coefficient (Wildman–Crippen LogP) is 2.24. The first-order chi connectivity index (χ1) is 7.56. The Hall–Kier alpha value is -0.640. The minimum atomic E-state index is -0.297. The minimum Gasteiger partial charge on any atom is -0.393 e. The van der Waals surface area contributed by atoms with Gasteiger partial charge in [-0.15, -0.1) is 0 Å². The van der Waals surface area contributed by atoms with E-state index in [0.29, 0.717) is 10.9 Å². The molecule has 0 heterocycles. The van der Waals surface area contributed by atoms with E-state index in [1.807, 2.05) is 6.92 Å². The molecule has 1 atom stereocenters. The molecule has 0 saturated heterocycles. The predicted molar refractivity (Wildman–Crippen MR) is 72.3 cm³/mol. The second-order valence-electron chi connectivity index (χ2n) is 4.17. The normalized spacial score (nSPS) is 12.5. The Morgan fingerprint density at radius 3 is 2.25 bits per heavy atom. The molecule has 0 bridgehead atoms. The highest BCUT2D eigenvalue weighted by molar-refractivity contribution is 7.80. The molecule has 94 valence electrons. The fourth-order valence-electron chi connectivity index (χ4n) is 1.64. The summed E-state index contributed by atoms with van der Waals surface area (Å²) in [4.78, 5) is 12.1. The summed E-state index contributed by atoms with van der Waals surface area (Å²) in [5.74, 6) is 0.244. The van der Waals surface area contributed by atoms with Gasteiger partial charge in [0.05, 0.1) is 10.9 Å². The number of carbonyl (C=O) groups is 1. The molecule has 0 aromatic rings. The van der Waals surface area contributed by atoms with Gasteiger partial charge in [0.25, 0.3) is 0 Å². The molecular formula is C12H24N2OS. The van der Waals surface area contributed by atoms with Crippen LogP contribution in [0, 0.1) is 11.8 Å². The Labute approximate surface area is 104 Å². The van der Waals surface area contributed by atoms with E-state index in [1.165, 1.54) is 0 Å². The van der Waals surface area contributed by atoms with Gasteiger partial charge in [-0.05, 0) is 12.3 Å². The van der Waals surface area contributed by atoms with Gasteiger partial charge in [0.2, 0.25) is 5.91 Å². The van der Waals surface area contributed by atoms with Crippen molar-refractivity contribution < 1.29 is 4.79 Å². The van der Waals surface area contributed by atoms with Crippen molar-refractivity contribution in [3.63, 3.8) is 0 Å². The lowest BCUT2D eigenvalue weighted by molar-refractivity contribution is -0.123. The SMILES string of the molecule is CCCC(C(=O)NCC(CC)CC)C(N)=S. The molecule has 3 nitrogen and oxygen atoms in total. The number of nitrogens with one attached hydrogen (secondary N) is 1. The average Bonchev–Trinajstić information content (AvgIpc) is 2.26. The fourth-order valence-corrected chi connectivity index (χ4v) is 1.86. The molecule has 0 saturated carbocycles. The molecule has 0 fully saturated rings. The maximum absolute atomic E-state index is 11.8. The largest absolute Gasteiger partial charge is 0.393 e. The Balaban J connectivity index is 4.15. The van der Waals surface area contributed by atoms with Crippen LogP contribution < -0.4 is 11.1 Å². The van der Waals surface area contributed by atoms with Gasteiger partial charge in [0.15, 0.2) is 0 Å². The minimum absolute atomic E-state index is 0.0127. The van der Waals surface area contributed by atoms with Crippen LogP contribution in [0.3, 0.4) is 0 Å². The molecule has 0 rings (SSSR count). The number of rotatable bonds is 8. The Morgan fingerprint density at radius 1 is 1.31 bits per heavy atom. The zero-order valence-electron chi connectivity index (χ0n) is 10.6. The molecule has 16 heavy (non-hydrogen) atoms. The van der Waals surface area contributed by atoms with E-state index in [1.54, 1.807) is 0 Å². The summed E-state index contributed by atoms with van der Waals surface area (Å²) in [5.41, 5.74) is 5.57. The first kappa shape index (κ1) is 15.4. The Bertz CT molecular complexity index is 227. The van der Waals surface area contributed by atoms with Gasteiger partial charge in [-0.1, -0.05) is 52.3 Å². The molecule has 0 radical (unpaired) electrons. The van der Waals surface area contributed by atoms with Crippen molar-refractivity contribution in [2.24, 2.45) is 17.6 Å². The first-order valence-electron chi connectivity index (χ1n) is 6.13. The number of nitrogens with two attached hydrogens (primary N) is 1. The summed E-state index contributed by atoms with van der Waals surface area (Å²) < 4.78 is 0. The molecule has 0 aliphatic rings. The van der Waals surface area contributed by atoms with E-state index in [2.05, 4.69) is 19.2 Å². The van der Waals surface area contributed by atoms with Crippen LogP contribution in [0.15, 0.2) is 0 Å². The maximum Gasteiger partial charge on any atom is 0.229 e. The lowest BCUT2D eigenvalue weighted by Gasteiger charge is -2.17. The first-order valence-corrected chi connectivity index (χ1v) is 6.54. The number of amides is 1. The number of hydrogen-bond acceptors (Lipinski definition) is 2. The van der Waals surface area contributed by atoms with Gasteiger partial charge >= 0.3 is 0 Å². The van der Waals surface area contributed by atoms with Crippen molar-refractivity contribution in [3.8, 4) is 0 Å². The number of carbonyl (C=O) groups excluding carboxylic acids is 1. The summed E-state index contributed by atoms with van der Waals surface area (Å²) >= 11 is 4.91. The van der Waals surface area contributed by atoms with Crippen molar-refractivity contribution in [2.75, 3.05) is 6.54 Å². The topological polar surface area (TPSA) is 55.1 Å². The lowest BCUT2D eigenvalue weighted by atomic mass is 10.0. The highest BCUT2D eigenvalue weighted by Gasteiger charge is 2.20. The fraction of sp³-hybridized carbons (Fsp3) is 0.833.